The predicted molar refractivity (Wildman–Crippen MR) is 55.3 cm³/mol. The Kier molecular flexibility index (Phi) is 8.07. The minimum Gasteiger partial charge on any atom is -0.300 e. The number of carbonyl (C=O) groups excluding carboxylic acids is 1. The first-order valence-corrected chi connectivity index (χ1v) is 4.04. The maximum absolute atomic E-state index is 11.1. The van der Waals surface area contributed by atoms with E-state index in [1.807, 2.05) is 0 Å². The van der Waals surface area contributed by atoms with Gasteiger partial charge >= 0.3 is 0 Å². The van der Waals surface area contributed by atoms with Gasteiger partial charge in [0.2, 0.25) is 0 Å². The van der Waals surface area contributed by atoms with Crippen LogP contribution in [-0.2, 0) is 4.79 Å². The SMILES string of the molecule is CC(C)CC(=O)CC(C)C.[SiH4]. The molecule has 0 saturated carbocycles. The van der Waals surface area contributed by atoms with E-state index in [-0.39, 0.29) is 11.0 Å². The molecule has 0 aromatic carbocycles. The summed E-state index contributed by atoms with van der Waals surface area (Å²) in [5, 5.41) is 0. The first-order valence-electron chi connectivity index (χ1n) is 4.04. The van der Waals surface area contributed by atoms with Gasteiger partial charge in [0.1, 0.15) is 5.78 Å². The quantitative estimate of drug-likeness (QED) is 0.585. The fourth-order valence-electron chi connectivity index (χ4n) is 0.994. The molecule has 2 heteroatoms. The molecule has 0 radical (unpaired) electrons. The van der Waals surface area contributed by atoms with Crippen molar-refractivity contribution in [1.29, 1.82) is 0 Å². The van der Waals surface area contributed by atoms with E-state index in [2.05, 4.69) is 27.7 Å². The van der Waals surface area contributed by atoms with Crippen LogP contribution in [0.5, 0.6) is 0 Å². The van der Waals surface area contributed by atoms with Crippen LogP contribution in [0.4, 0.5) is 0 Å². The van der Waals surface area contributed by atoms with Gasteiger partial charge in [-0.15, -0.1) is 0 Å². The predicted octanol–water partition coefficient (Wildman–Crippen LogP) is 1.20. The summed E-state index contributed by atoms with van der Waals surface area (Å²) in [5.74, 6) is 1.45. The molecule has 11 heavy (non-hydrogen) atoms. The Bertz CT molecular complexity index is 96.1. The molecule has 0 amide bonds. The highest BCUT2D eigenvalue weighted by Gasteiger charge is 2.06. The number of rotatable bonds is 4. The molecule has 0 heterocycles. The largest absolute Gasteiger partial charge is 0.300 e. The van der Waals surface area contributed by atoms with Crippen molar-refractivity contribution in [2.45, 2.75) is 40.5 Å². The lowest BCUT2D eigenvalue weighted by Crippen LogP contribution is -2.05. The van der Waals surface area contributed by atoms with Crippen molar-refractivity contribution in [3.05, 3.63) is 0 Å². The summed E-state index contributed by atoms with van der Waals surface area (Å²) in [6.45, 7) is 8.33. The molecule has 1 nitrogen and oxygen atoms in total. The Morgan fingerprint density at radius 1 is 1.00 bits per heavy atom. The maximum Gasteiger partial charge on any atom is 0.133 e. The van der Waals surface area contributed by atoms with Gasteiger partial charge in [0.05, 0.1) is 0 Å². The number of hydrogen-bond donors (Lipinski definition) is 0. The molecule has 0 fully saturated rings. The Morgan fingerprint density at radius 2 is 1.27 bits per heavy atom. The van der Waals surface area contributed by atoms with E-state index in [0.29, 0.717) is 17.6 Å². The summed E-state index contributed by atoms with van der Waals surface area (Å²) in [6.07, 6.45) is 1.50. The highest BCUT2D eigenvalue weighted by molar-refractivity contribution is 5.78. The van der Waals surface area contributed by atoms with Gasteiger partial charge < -0.3 is 0 Å². The molecule has 0 spiro atoms. The Hall–Kier alpha value is -0.113. The minimum atomic E-state index is 0. The molecule has 0 aromatic heterocycles. The van der Waals surface area contributed by atoms with Gasteiger partial charge in [0.25, 0.3) is 0 Å². The highest BCUT2D eigenvalue weighted by Crippen LogP contribution is 2.07. The summed E-state index contributed by atoms with van der Waals surface area (Å²) < 4.78 is 0. The smallest absolute Gasteiger partial charge is 0.133 e. The molecule has 68 valence electrons. The van der Waals surface area contributed by atoms with Gasteiger partial charge in [-0.2, -0.15) is 0 Å². The van der Waals surface area contributed by atoms with Crippen molar-refractivity contribution in [2.75, 3.05) is 0 Å². The first-order chi connectivity index (χ1) is 4.52. The third-order valence-electron chi connectivity index (χ3n) is 1.27. The van der Waals surface area contributed by atoms with Crippen LogP contribution in [0.2, 0.25) is 0 Å². The van der Waals surface area contributed by atoms with E-state index >= 15 is 0 Å². The summed E-state index contributed by atoms with van der Waals surface area (Å²) in [7, 11) is 0. The van der Waals surface area contributed by atoms with Crippen LogP contribution >= 0.6 is 0 Å². The lowest BCUT2D eigenvalue weighted by molar-refractivity contribution is -0.120. The molecule has 0 aliphatic carbocycles. The van der Waals surface area contributed by atoms with Crippen molar-refractivity contribution in [3.8, 4) is 0 Å². The van der Waals surface area contributed by atoms with Crippen LogP contribution in [0.3, 0.4) is 0 Å². The van der Waals surface area contributed by atoms with Crippen molar-refractivity contribution < 1.29 is 4.79 Å². The number of hydrogen-bond acceptors (Lipinski definition) is 1. The first kappa shape index (κ1) is 13.5. The van der Waals surface area contributed by atoms with E-state index in [1.54, 1.807) is 0 Å². The Labute approximate surface area is 74.6 Å². The van der Waals surface area contributed by atoms with E-state index in [1.165, 1.54) is 0 Å². The van der Waals surface area contributed by atoms with E-state index in [0.717, 1.165) is 12.8 Å². The minimum absolute atomic E-state index is 0. The average molecular weight is 174 g/mol. The van der Waals surface area contributed by atoms with Crippen molar-refractivity contribution in [1.82, 2.24) is 0 Å². The molecule has 0 saturated heterocycles. The van der Waals surface area contributed by atoms with Gasteiger partial charge in [-0.3, -0.25) is 4.79 Å². The standard InChI is InChI=1S/C9H18O.H4Si/c1-7(2)5-9(10)6-8(3)4;/h7-8H,5-6H2,1-4H3;1H4. The van der Waals surface area contributed by atoms with Gasteiger partial charge in [-0.25, -0.2) is 0 Å². The normalized spacial score (nSPS) is 10.0. The lowest BCUT2D eigenvalue weighted by Gasteiger charge is -2.05. The number of carbonyl (C=O) groups is 1. The number of Topliss-reactive ketones (excluding diaryl/α,β-unsaturated/α-hetero) is 1. The average Bonchev–Trinajstić information content (AvgIpc) is 1.58. The monoisotopic (exact) mass is 174 g/mol. The van der Waals surface area contributed by atoms with Crippen LogP contribution in [0.1, 0.15) is 40.5 Å². The molecular formula is C9H22OSi. The van der Waals surface area contributed by atoms with Gasteiger partial charge in [0, 0.05) is 12.8 Å². The highest BCUT2D eigenvalue weighted by atomic mass is 28.1. The molecule has 0 rings (SSSR count). The molecule has 0 unspecified atom stereocenters. The van der Waals surface area contributed by atoms with E-state index in [9.17, 15) is 4.79 Å². The zero-order valence-corrected chi connectivity index (χ0v) is 7.48. The lowest BCUT2D eigenvalue weighted by atomic mass is 10.00. The van der Waals surface area contributed by atoms with Crippen LogP contribution < -0.4 is 0 Å². The molecule has 0 aliphatic rings. The molecule has 0 bridgehead atoms. The third-order valence-corrected chi connectivity index (χ3v) is 1.27. The van der Waals surface area contributed by atoms with E-state index in [4.69, 9.17) is 0 Å². The topological polar surface area (TPSA) is 17.1 Å². The fourth-order valence-corrected chi connectivity index (χ4v) is 0.994. The van der Waals surface area contributed by atoms with Crippen LogP contribution in [0, 0.1) is 11.8 Å². The zero-order valence-electron chi connectivity index (χ0n) is 7.48. The molecule has 0 atom stereocenters. The van der Waals surface area contributed by atoms with Gasteiger partial charge in [-0.05, 0) is 22.8 Å². The number of ketones is 1. The summed E-state index contributed by atoms with van der Waals surface area (Å²) in [6, 6.07) is 0. The summed E-state index contributed by atoms with van der Waals surface area (Å²) >= 11 is 0. The molecular weight excluding hydrogens is 152 g/mol. The summed E-state index contributed by atoms with van der Waals surface area (Å²) in [5.41, 5.74) is 0. The van der Waals surface area contributed by atoms with Crippen molar-refractivity contribution in [2.24, 2.45) is 11.8 Å². The van der Waals surface area contributed by atoms with Crippen molar-refractivity contribution in [3.63, 3.8) is 0 Å². The molecule has 0 aliphatic heterocycles. The van der Waals surface area contributed by atoms with Crippen LogP contribution in [0.15, 0.2) is 0 Å². The Balaban J connectivity index is 0. The Morgan fingerprint density at radius 3 is 1.45 bits per heavy atom. The third kappa shape index (κ3) is 9.89. The second kappa shape index (κ2) is 6.59. The second-order valence-corrected chi connectivity index (χ2v) is 3.73. The van der Waals surface area contributed by atoms with Gasteiger partial charge in [0.15, 0.2) is 0 Å². The molecule has 0 aromatic rings. The fraction of sp³-hybridized carbons (Fsp3) is 0.889. The van der Waals surface area contributed by atoms with Crippen molar-refractivity contribution >= 4 is 16.7 Å². The molecule has 0 N–H and O–H groups in total. The summed E-state index contributed by atoms with van der Waals surface area (Å²) in [4.78, 5) is 11.1. The zero-order chi connectivity index (χ0) is 8.15. The maximum atomic E-state index is 11.1. The van der Waals surface area contributed by atoms with Crippen LogP contribution in [-0.4, -0.2) is 16.7 Å². The van der Waals surface area contributed by atoms with Gasteiger partial charge in [-0.1, -0.05) is 27.7 Å². The van der Waals surface area contributed by atoms with E-state index < -0.39 is 0 Å². The van der Waals surface area contributed by atoms with Crippen LogP contribution in [0.25, 0.3) is 0 Å². The second-order valence-electron chi connectivity index (χ2n) is 3.73.